The van der Waals surface area contributed by atoms with Crippen LogP contribution >= 0.6 is 0 Å². The van der Waals surface area contributed by atoms with Gasteiger partial charge in [0.1, 0.15) is 0 Å². The first-order valence-electron chi connectivity index (χ1n) is 9.84. The van der Waals surface area contributed by atoms with Gasteiger partial charge in [-0.25, -0.2) is 4.79 Å². The van der Waals surface area contributed by atoms with Gasteiger partial charge in [0, 0.05) is 44.7 Å². The van der Waals surface area contributed by atoms with Gasteiger partial charge in [-0.1, -0.05) is 30.3 Å². The highest BCUT2D eigenvalue weighted by Crippen LogP contribution is 2.14. The Morgan fingerprint density at radius 1 is 0.862 bits per heavy atom. The predicted octanol–water partition coefficient (Wildman–Crippen LogP) is 2.36. The zero-order valence-electron chi connectivity index (χ0n) is 16.1. The number of fused-ring (bicyclic) bond motifs is 1. The maximum absolute atomic E-state index is 12.5. The lowest BCUT2D eigenvalue weighted by atomic mass is 10.1. The third kappa shape index (κ3) is 4.08. The molecule has 2 heterocycles. The lowest BCUT2D eigenvalue weighted by Gasteiger charge is -2.35. The fourth-order valence-corrected chi connectivity index (χ4v) is 3.69. The molecule has 0 aliphatic carbocycles. The molecule has 4 rings (SSSR count). The van der Waals surface area contributed by atoms with Gasteiger partial charge in [0.15, 0.2) is 5.58 Å². The minimum absolute atomic E-state index is 0.00362. The van der Waals surface area contributed by atoms with Crippen molar-refractivity contribution in [3.8, 4) is 0 Å². The van der Waals surface area contributed by atoms with Gasteiger partial charge in [0.25, 0.3) is 5.91 Å². The molecular weight excluding hydrogens is 370 g/mol. The fraction of sp³-hybridized carbons (Fsp3) is 0.318. The number of aromatic nitrogens is 1. The Morgan fingerprint density at radius 3 is 2.28 bits per heavy atom. The van der Waals surface area contributed by atoms with Crippen LogP contribution in [0.25, 0.3) is 11.1 Å². The van der Waals surface area contributed by atoms with E-state index in [0.717, 1.165) is 5.52 Å². The summed E-state index contributed by atoms with van der Waals surface area (Å²) in [6.45, 7) is 2.57. The van der Waals surface area contributed by atoms with Crippen LogP contribution in [0.15, 0.2) is 63.8 Å². The van der Waals surface area contributed by atoms with Crippen molar-refractivity contribution >= 4 is 22.9 Å². The van der Waals surface area contributed by atoms with E-state index < -0.39 is 5.76 Å². The zero-order chi connectivity index (χ0) is 20.2. The molecule has 29 heavy (non-hydrogen) atoms. The highest BCUT2D eigenvalue weighted by atomic mass is 16.4. The van der Waals surface area contributed by atoms with Crippen molar-refractivity contribution in [3.63, 3.8) is 0 Å². The summed E-state index contributed by atoms with van der Waals surface area (Å²) in [7, 11) is 0. The highest BCUT2D eigenvalue weighted by molar-refractivity contribution is 5.94. The lowest BCUT2D eigenvalue weighted by Crippen LogP contribution is -2.50. The third-order valence-electron chi connectivity index (χ3n) is 5.29. The van der Waals surface area contributed by atoms with E-state index in [2.05, 4.69) is 0 Å². The van der Waals surface area contributed by atoms with Crippen molar-refractivity contribution in [2.45, 2.75) is 19.4 Å². The molecule has 0 bridgehead atoms. The topological polar surface area (TPSA) is 75.8 Å². The highest BCUT2D eigenvalue weighted by Gasteiger charge is 2.24. The van der Waals surface area contributed by atoms with Gasteiger partial charge in [0.2, 0.25) is 5.91 Å². The van der Waals surface area contributed by atoms with E-state index in [1.807, 2.05) is 36.4 Å². The molecule has 0 radical (unpaired) electrons. The van der Waals surface area contributed by atoms with E-state index in [4.69, 9.17) is 4.42 Å². The van der Waals surface area contributed by atoms with Crippen LogP contribution < -0.4 is 5.76 Å². The molecule has 2 amide bonds. The molecule has 1 aliphatic heterocycles. The molecule has 7 nitrogen and oxygen atoms in total. The second-order valence-electron chi connectivity index (χ2n) is 7.13. The van der Waals surface area contributed by atoms with Crippen molar-refractivity contribution in [1.29, 1.82) is 0 Å². The summed E-state index contributed by atoms with van der Waals surface area (Å²) >= 11 is 0. The molecule has 1 saturated heterocycles. The number of para-hydroxylation sites is 2. The monoisotopic (exact) mass is 393 g/mol. The molecule has 0 N–H and O–H groups in total. The van der Waals surface area contributed by atoms with Crippen molar-refractivity contribution in [2.75, 3.05) is 26.2 Å². The van der Waals surface area contributed by atoms with Gasteiger partial charge in [-0.2, -0.15) is 0 Å². The summed E-state index contributed by atoms with van der Waals surface area (Å²) in [6.07, 6.45) is 0.921. The number of oxazole rings is 1. The third-order valence-corrected chi connectivity index (χ3v) is 5.29. The number of rotatable bonds is 5. The van der Waals surface area contributed by atoms with Crippen LogP contribution in [0.4, 0.5) is 0 Å². The first-order valence-corrected chi connectivity index (χ1v) is 9.84. The van der Waals surface area contributed by atoms with Crippen LogP contribution in [-0.4, -0.2) is 52.4 Å². The van der Waals surface area contributed by atoms with Crippen LogP contribution in [0, 0.1) is 0 Å². The van der Waals surface area contributed by atoms with Crippen LogP contribution in [0.2, 0.25) is 0 Å². The average molecular weight is 393 g/mol. The molecule has 0 spiro atoms. The Hall–Kier alpha value is -3.35. The predicted molar refractivity (Wildman–Crippen MR) is 109 cm³/mol. The molecule has 0 unspecified atom stereocenters. The van der Waals surface area contributed by atoms with E-state index >= 15 is 0 Å². The number of aryl methyl sites for hydroxylation is 1. The quantitative estimate of drug-likeness (QED) is 0.667. The number of carbonyl (C=O) groups excluding carboxylic acids is 2. The standard InChI is InChI=1S/C22H23N3O4/c26-20(11-6-12-25-18-9-4-5-10-19(18)29-22(25)28)23-13-15-24(16-14-23)21(27)17-7-2-1-3-8-17/h1-5,7-10H,6,11-16H2. The largest absolute Gasteiger partial charge is 0.419 e. The number of nitrogens with zero attached hydrogens (tertiary/aromatic N) is 3. The summed E-state index contributed by atoms with van der Waals surface area (Å²) in [4.78, 5) is 40.6. The number of piperazine rings is 1. The lowest BCUT2D eigenvalue weighted by molar-refractivity contribution is -0.132. The maximum Gasteiger partial charge on any atom is 0.419 e. The number of hydrogen-bond acceptors (Lipinski definition) is 4. The Bertz CT molecular complexity index is 1060. The number of carbonyl (C=O) groups is 2. The van der Waals surface area contributed by atoms with Crippen molar-refractivity contribution < 1.29 is 14.0 Å². The maximum atomic E-state index is 12.5. The van der Waals surface area contributed by atoms with Crippen LogP contribution in [0.5, 0.6) is 0 Å². The van der Waals surface area contributed by atoms with E-state index in [1.54, 1.807) is 32.6 Å². The summed E-state index contributed by atoms with van der Waals surface area (Å²) in [5.41, 5.74) is 1.98. The zero-order valence-corrected chi connectivity index (χ0v) is 16.1. The molecular formula is C22H23N3O4. The Kier molecular flexibility index (Phi) is 5.46. The Morgan fingerprint density at radius 2 is 1.52 bits per heavy atom. The second kappa shape index (κ2) is 8.34. The Labute approximate surface area is 168 Å². The van der Waals surface area contributed by atoms with Gasteiger partial charge < -0.3 is 14.2 Å². The van der Waals surface area contributed by atoms with Gasteiger partial charge in [-0.3, -0.25) is 14.2 Å². The van der Waals surface area contributed by atoms with Crippen LogP contribution in [-0.2, 0) is 11.3 Å². The van der Waals surface area contributed by atoms with E-state index in [1.165, 1.54) is 0 Å². The number of amides is 2. The van der Waals surface area contributed by atoms with Crippen LogP contribution in [0.1, 0.15) is 23.2 Å². The molecule has 3 aromatic rings. The second-order valence-corrected chi connectivity index (χ2v) is 7.13. The normalized spacial score (nSPS) is 14.3. The fourth-order valence-electron chi connectivity index (χ4n) is 3.69. The Balaban J connectivity index is 1.27. The first-order chi connectivity index (χ1) is 14.1. The van der Waals surface area contributed by atoms with E-state index in [0.29, 0.717) is 56.7 Å². The van der Waals surface area contributed by atoms with Gasteiger partial charge in [0.05, 0.1) is 5.52 Å². The summed E-state index contributed by atoms with van der Waals surface area (Å²) in [5, 5.41) is 0. The number of hydrogen-bond donors (Lipinski definition) is 0. The average Bonchev–Trinajstić information content (AvgIpc) is 3.09. The van der Waals surface area contributed by atoms with Gasteiger partial charge in [-0.05, 0) is 30.7 Å². The minimum atomic E-state index is -0.397. The number of benzene rings is 2. The molecule has 7 heteroatoms. The molecule has 150 valence electrons. The first kappa shape index (κ1) is 19.0. The van der Waals surface area contributed by atoms with Gasteiger partial charge in [-0.15, -0.1) is 0 Å². The van der Waals surface area contributed by atoms with E-state index in [9.17, 15) is 14.4 Å². The summed E-state index contributed by atoms with van der Waals surface area (Å²) in [6, 6.07) is 16.5. The molecule has 1 fully saturated rings. The van der Waals surface area contributed by atoms with E-state index in [-0.39, 0.29) is 11.8 Å². The molecule has 0 atom stereocenters. The van der Waals surface area contributed by atoms with Crippen molar-refractivity contribution in [3.05, 3.63) is 70.7 Å². The summed E-state index contributed by atoms with van der Waals surface area (Å²) in [5.74, 6) is -0.340. The SMILES string of the molecule is O=C(CCCn1c(=O)oc2ccccc21)N1CCN(C(=O)c2ccccc2)CC1. The molecule has 2 aromatic carbocycles. The minimum Gasteiger partial charge on any atom is -0.408 e. The van der Waals surface area contributed by atoms with Gasteiger partial charge >= 0.3 is 5.76 Å². The smallest absolute Gasteiger partial charge is 0.408 e. The van der Waals surface area contributed by atoms with Crippen molar-refractivity contribution in [2.24, 2.45) is 0 Å². The molecule has 0 saturated carbocycles. The van der Waals surface area contributed by atoms with Crippen LogP contribution in [0.3, 0.4) is 0 Å². The van der Waals surface area contributed by atoms with Crippen molar-refractivity contribution in [1.82, 2.24) is 14.4 Å². The summed E-state index contributed by atoms with van der Waals surface area (Å²) < 4.78 is 6.79. The molecule has 1 aliphatic rings. The molecule has 1 aromatic heterocycles.